The van der Waals surface area contributed by atoms with Gasteiger partial charge in [-0.15, -0.1) is 0 Å². The highest BCUT2D eigenvalue weighted by atomic mass is 16.4. The molecule has 0 saturated carbocycles. The Morgan fingerprint density at radius 3 is 2.48 bits per heavy atom. The summed E-state index contributed by atoms with van der Waals surface area (Å²) in [5.74, 6) is -0.147. The molecule has 0 aliphatic carbocycles. The summed E-state index contributed by atoms with van der Waals surface area (Å²) < 4.78 is 5.23. The second-order valence-electron chi connectivity index (χ2n) is 4.72. The van der Waals surface area contributed by atoms with E-state index in [9.17, 15) is 10.1 Å². The molecule has 2 heterocycles. The van der Waals surface area contributed by atoms with E-state index in [4.69, 9.17) is 21.1 Å². The van der Waals surface area contributed by atoms with Crippen LogP contribution in [0.4, 0.5) is 11.5 Å². The van der Waals surface area contributed by atoms with E-state index in [-0.39, 0.29) is 33.9 Å². The van der Waals surface area contributed by atoms with E-state index in [0.717, 1.165) is 0 Å². The van der Waals surface area contributed by atoms with Gasteiger partial charge in [0.2, 0.25) is 0 Å². The maximum atomic E-state index is 12.2. The van der Waals surface area contributed by atoms with Gasteiger partial charge in [-0.05, 0) is 12.1 Å². The fourth-order valence-corrected chi connectivity index (χ4v) is 2.28. The summed E-state index contributed by atoms with van der Waals surface area (Å²) in [6, 6.07) is 12.1. The van der Waals surface area contributed by atoms with Crippen molar-refractivity contribution < 1.29 is 4.42 Å². The number of para-hydroxylation sites is 1. The summed E-state index contributed by atoms with van der Waals surface area (Å²) in [5.41, 5.74) is 11.0. The van der Waals surface area contributed by atoms with Gasteiger partial charge in [0, 0.05) is 5.39 Å². The second-order valence-corrected chi connectivity index (χ2v) is 4.72. The number of pyridine rings is 1. The topological polar surface area (TPSA) is 143 Å². The Morgan fingerprint density at radius 2 is 1.78 bits per heavy atom. The summed E-state index contributed by atoms with van der Waals surface area (Å²) >= 11 is 0. The molecular weight excluding hydrogens is 294 g/mol. The molecule has 3 aromatic rings. The van der Waals surface area contributed by atoms with E-state index in [1.54, 1.807) is 36.4 Å². The molecule has 0 bridgehead atoms. The molecule has 0 unspecified atom stereocenters. The minimum Gasteiger partial charge on any atom is -0.422 e. The van der Waals surface area contributed by atoms with Crippen molar-refractivity contribution in [3.8, 4) is 23.4 Å². The largest absolute Gasteiger partial charge is 0.422 e. The van der Waals surface area contributed by atoms with Gasteiger partial charge in [0.25, 0.3) is 0 Å². The third kappa shape index (κ3) is 2.13. The molecule has 23 heavy (non-hydrogen) atoms. The van der Waals surface area contributed by atoms with E-state index < -0.39 is 5.63 Å². The van der Waals surface area contributed by atoms with Gasteiger partial charge in [-0.25, -0.2) is 9.78 Å². The minimum atomic E-state index is -0.670. The monoisotopic (exact) mass is 303 g/mol. The normalized spacial score (nSPS) is 10.2. The van der Waals surface area contributed by atoms with Crippen LogP contribution in [0.5, 0.6) is 0 Å². The number of nitriles is 2. The van der Waals surface area contributed by atoms with Crippen LogP contribution in [0.3, 0.4) is 0 Å². The molecule has 0 atom stereocenters. The van der Waals surface area contributed by atoms with Gasteiger partial charge >= 0.3 is 5.63 Å². The zero-order valence-electron chi connectivity index (χ0n) is 11.7. The molecule has 2 aromatic heterocycles. The smallest absolute Gasteiger partial charge is 0.345 e. The number of nitrogens with zero attached hydrogens (tertiary/aromatic N) is 3. The molecule has 7 nitrogen and oxygen atoms in total. The average molecular weight is 303 g/mol. The van der Waals surface area contributed by atoms with Crippen LogP contribution in [-0.4, -0.2) is 4.98 Å². The molecule has 3 rings (SSSR count). The van der Waals surface area contributed by atoms with Gasteiger partial charge in [0.05, 0.1) is 16.9 Å². The minimum absolute atomic E-state index is 0.000929. The van der Waals surface area contributed by atoms with Crippen molar-refractivity contribution in [2.75, 3.05) is 11.5 Å². The van der Waals surface area contributed by atoms with Crippen LogP contribution in [-0.2, 0) is 0 Å². The Kier molecular flexibility index (Phi) is 3.17. The van der Waals surface area contributed by atoms with Crippen LogP contribution in [0, 0.1) is 22.7 Å². The Balaban J connectivity index is 2.40. The predicted molar refractivity (Wildman–Crippen MR) is 84.0 cm³/mol. The first-order chi connectivity index (χ1) is 11.1. The number of benzene rings is 1. The van der Waals surface area contributed by atoms with Crippen molar-refractivity contribution in [1.82, 2.24) is 4.98 Å². The summed E-state index contributed by atoms with van der Waals surface area (Å²) in [4.78, 5) is 16.2. The Bertz CT molecular complexity index is 1090. The summed E-state index contributed by atoms with van der Waals surface area (Å²) in [6.45, 7) is 0. The average Bonchev–Trinajstić information content (AvgIpc) is 2.54. The highest BCUT2D eigenvalue weighted by Gasteiger charge is 2.20. The van der Waals surface area contributed by atoms with Gasteiger partial charge in [0.15, 0.2) is 0 Å². The molecule has 0 amide bonds. The van der Waals surface area contributed by atoms with Crippen LogP contribution >= 0.6 is 0 Å². The second kappa shape index (κ2) is 5.17. The highest BCUT2D eigenvalue weighted by Crippen LogP contribution is 2.30. The van der Waals surface area contributed by atoms with Crippen molar-refractivity contribution in [1.29, 1.82) is 10.5 Å². The molecule has 110 valence electrons. The van der Waals surface area contributed by atoms with Crippen LogP contribution < -0.4 is 17.1 Å². The van der Waals surface area contributed by atoms with E-state index in [2.05, 4.69) is 4.98 Å². The Labute approximate surface area is 130 Å². The Morgan fingerprint density at radius 1 is 1.09 bits per heavy atom. The fourth-order valence-electron chi connectivity index (χ4n) is 2.28. The molecule has 7 heteroatoms. The van der Waals surface area contributed by atoms with Gasteiger partial charge in [-0.3, -0.25) is 0 Å². The first-order valence-electron chi connectivity index (χ1n) is 6.49. The SMILES string of the molecule is N#Cc1c(N)nc(-c2cc3ccccc3oc2=O)c(C#N)c1N. The lowest BCUT2D eigenvalue weighted by Crippen LogP contribution is -2.10. The number of rotatable bonds is 1. The number of anilines is 2. The van der Waals surface area contributed by atoms with Crippen LogP contribution in [0.25, 0.3) is 22.2 Å². The van der Waals surface area contributed by atoms with Crippen LogP contribution in [0.2, 0.25) is 0 Å². The lowest BCUT2D eigenvalue weighted by atomic mass is 10.0. The number of nitrogens with two attached hydrogens (primary N) is 2. The lowest BCUT2D eigenvalue weighted by molar-refractivity contribution is 0.563. The number of nitrogen functional groups attached to an aromatic ring is 2. The molecule has 0 aliphatic rings. The summed E-state index contributed by atoms with van der Waals surface area (Å²) in [6.07, 6.45) is 0. The van der Waals surface area contributed by atoms with Crippen molar-refractivity contribution >= 4 is 22.5 Å². The van der Waals surface area contributed by atoms with Gasteiger partial charge < -0.3 is 15.9 Å². The molecule has 0 saturated heterocycles. The molecule has 0 aliphatic heterocycles. The molecule has 0 spiro atoms. The highest BCUT2D eigenvalue weighted by molar-refractivity contribution is 5.85. The standard InChI is InChI=1S/C16H9N5O2/c17-6-10-13(19)11(7-18)15(20)21-14(10)9-5-8-3-1-2-4-12(8)23-16(9)22/h1-5H,(H4,19,20,21). The predicted octanol–water partition coefficient (Wildman–Crippen LogP) is 1.76. The quantitative estimate of drug-likeness (QED) is 0.652. The fraction of sp³-hybridized carbons (Fsp3) is 0. The molecule has 4 N–H and O–H groups in total. The van der Waals surface area contributed by atoms with Crippen LogP contribution in [0.15, 0.2) is 39.5 Å². The summed E-state index contributed by atoms with van der Waals surface area (Å²) in [7, 11) is 0. The molecule has 1 aromatic carbocycles. The Hall–Kier alpha value is -3.84. The van der Waals surface area contributed by atoms with E-state index in [0.29, 0.717) is 11.0 Å². The van der Waals surface area contributed by atoms with E-state index in [1.807, 2.05) is 6.07 Å². The van der Waals surface area contributed by atoms with Crippen molar-refractivity contribution in [2.24, 2.45) is 0 Å². The molecule has 0 radical (unpaired) electrons. The van der Waals surface area contributed by atoms with Crippen LogP contribution in [0.1, 0.15) is 11.1 Å². The van der Waals surface area contributed by atoms with E-state index >= 15 is 0 Å². The third-order valence-electron chi connectivity index (χ3n) is 3.38. The first kappa shape index (κ1) is 14.1. The maximum Gasteiger partial charge on any atom is 0.345 e. The van der Waals surface area contributed by atoms with Crippen molar-refractivity contribution in [2.45, 2.75) is 0 Å². The van der Waals surface area contributed by atoms with Gasteiger partial charge in [-0.1, -0.05) is 18.2 Å². The first-order valence-corrected chi connectivity index (χ1v) is 6.49. The van der Waals surface area contributed by atoms with Crippen molar-refractivity contribution in [3.63, 3.8) is 0 Å². The number of aromatic nitrogens is 1. The lowest BCUT2D eigenvalue weighted by Gasteiger charge is -2.09. The van der Waals surface area contributed by atoms with Crippen molar-refractivity contribution in [3.05, 3.63) is 51.9 Å². The number of hydrogen-bond donors (Lipinski definition) is 2. The van der Waals surface area contributed by atoms with Gasteiger partial charge in [-0.2, -0.15) is 10.5 Å². The maximum absolute atomic E-state index is 12.2. The zero-order valence-corrected chi connectivity index (χ0v) is 11.7. The van der Waals surface area contributed by atoms with Gasteiger partial charge in [0.1, 0.15) is 34.7 Å². The number of fused-ring (bicyclic) bond motifs is 1. The molecule has 0 fully saturated rings. The number of hydrogen-bond acceptors (Lipinski definition) is 7. The zero-order chi connectivity index (χ0) is 16.6. The van der Waals surface area contributed by atoms with E-state index in [1.165, 1.54) is 0 Å². The third-order valence-corrected chi connectivity index (χ3v) is 3.38. The molecular formula is C16H9N5O2. The summed E-state index contributed by atoms with van der Waals surface area (Å²) in [5, 5.41) is 19.0.